The van der Waals surface area contributed by atoms with Crippen LogP contribution in [0, 0.1) is 6.92 Å². The molecule has 1 aromatic carbocycles. The maximum absolute atomic E-state index is 11.3. The number of pyridine rings is 1. The van der Waals surface area contributed by atoms with E-state index in [-0.39, 0.29) is 5.56 Å². The summed E-state index contributed by atoms with van der Waals surface area (Å²) in [7, 11) is 1.59. The lowest BCUT2D eigenvalue weighted by Gasteiger charge is -2.08. The van der Waals surface area contributed by atoms with E-state index in [0.717, 1.165) is 10.6 Å². The zero-order valence-corrected chi connectivity index (χ0v) is 11.4. The van der Waals surface area contributed by atoms with E-state index in [1.54, 1.807) is 26.3 Å². The molecule has 0 saturated heterocycles. The predicted octanol–water partition coefficient (Wildman–Crippen LogP) is 3.25. The highest BCUT2D eigenvalue weighted by Gasteiger charge is 2.15. The van der Waals surface area contributed by atoms with Gasteiger partial charge in [-0.1, -0.05) is 17.8 Å². The van der Waals surface area contributed by atoms with Crippen LogP contribution in [0.2, 0.25) is 0 Å². The molecule has 0 aliphatic heterocycles. The molecular formula is C14H13NO3S. The Balaban J connectivity index is 2.38. The van der Waals surface area contributed by atoms with Crippen LogP contribution >= 0.6 is 11.8 Å². The van der Waals surface area contributed by atoms with Gasteiger partial charge in [-0.15, -0.1) is 0 Å². The van der Waals surface area contributed by atoms with Crippen molar-refractivity contribution in [1.82, 2.24) is 4.98 Å². The van der Waals surface area contributed by atoms with Crippen molar-refractivity contribution < 1.29 is 14.6 Å². The van der Waals surface area contributed by atoms with Gasteiger partial charge >= 0.3 is 5.97 Å². The Morgan fingerprint density at radius 3 is 2.84 bits per heavy atom. The quantitative estimate of drug-likeness (QED) is 0.928. The number of nitrogens with zero attached hydrogens (tertiary/aromatic N) is 1. The second-order valence-electron chi connectivity index (χ2n) is 3.89. The Kier molecular flexibility index (Phi) is 4.06. The maximum Gasteiger partial charge on any atom is 0.338 e. The van der Waals surface area contributed by atoms with Crippen molar-refractivity contribution in [3.05, 3.63) is 47.7 Å². The number of benzene rings is 1. The molecule has 98 valence electrons. The van der Waals surface area contributed by atoms with Gasteiger partial charge in [0, 0.05) is 11.1 Å². The fourth-order valence-electron chi connectivity index (χ4n) is 1.65. The highest BCUT2D eigenvalue weighted by molar-refractivity contribution is 7.99. The summed E-state index contributed by atoms with van der Waals surface area (Å²) in [5, 5.41) is 9.73. The molecule has 4 nitrogen and oxygen atoms in total. The largest absolute Gasteiger partial charge is 0.497 e. The van der Waals surface area contributed by atoms with Gasteiger partial charge in [0.25, 0.3) is 0 Å². The molecule has 0 aliphatic rings. The van der Waals surface area contributed by atoms with Crippen LogP contribution in [0.15, 0.2) is 46.5 Å². The topological polar surface area (TPSA) is 59.4 Å². The molecular weight excluding hydrogens is 262 g/mol. The molecule has 0 fully saturated rings. The number of ether oxygens (including phenoxy) is 1. The van der Waals surface area contributed by atoms with Crippen molar-refractivity contribution >= 4 is 17.7 Å². The summed E-state index contributed by atoms with van der Waals surface area (Å²) in [6.07, 6.45) is 1.62. The molecule has 0 radical (unpaired) electrons. The zero-order chi connectivity index (χ0) is 13.8. The van der Waals surface area contributed by atoms with E-state index in [0.29, 0.717) is 10.6 Å². The van der Waals surface area contributed by atoms with E-state index in [1.165, 1.54) is 11.8 Å². The number of hydrogen-bond acceptors (Lipinski definition) is 4. The van der Waals surface area contributed by atoms with Gasteiger partial charge in [-0.2, -0.15) is 0 Å². The predicted molar refractivity (Wildman–Crippen MR) is 73.1 cm³/mol. The lowest BCUT2D eigenvalue weighted by Crippen LogP contribution is -2.03. The monoisotopic (exact) mass is 275 g/mol. The van der Waals surface area contributed by atoms with E-state index in [4.69, 9.17) is 4.74 Å². The summed E-state index contributed by atoms with van der Waals surface area (Å²) in [6, 6.07) is 9.13. The van der Waals surface area contributed by atoms with Crippen LogP contribution in [-0.2, 0) is 0 Å². The van der Waals surface area contributed by atoms with Crippen molar-refractivity contribution in [2.75, 3.05) is 7.11 Å². The molecule has 0 bridgehead atoms. The van der Waals surface area contributed by atoms with E-state index >= 15 is 0 Å². The molecule has 19 heavy (non-hydrogen) atoms. The number of carbonyl (C=O) groups is 1. The van der Waals surface area contributed by atoms with Gasteiger partial charge in [0.1, 0.15) is 10.8 Å². The molecule has 0 spiro atoms. The van der Waals surface area contributed by atoms with E-state index in [9.17, 15) is 9.90 Å². The van der Waals surface area contributed by atoms with Gasteiger partial charge in [-0.3, -0.25) is 0 Å². The van der Waals surface area contributed by atoms with Crippen LogP contribution in [0.3, 0.4) is 0 Å². The Bertz CT molecular complexity index is 613. The van der Waals surface area contributed by atoms with E-state index < -0.39 is 5.97 Å². The number of hydrogen-bond donors (Lipinski definition) is 1. The zero-order valence-electron chi connectivity index (χ0n) is 10.6. The molecule has 0 atom stereocenters. The standard InChI is InChI=1S/C14H13NO3S/c1-9-6-7-15-13(12(9)14(16)17)19-11-5-3-4-10(8-11)18-2/h3-8H,1-2H3,(H,16,17). The minimum absolute atomic E-state index is 0.246. The summed E-state index contributed by atoms with van der Waals surface area (Å²) in [6.45, 7) is 1.76. The third kappa shape index (κ3) is 3.06. The number of aromatic nitrogens is 1. The summed E-state index contributed by atoms with van der Waals surface area (Å²) < 4.78 is 5.14. The van der Waals surface area contributed by atoms with E-state index in [1.807, 2.05) is 24.3 Å². The highest BCUT2D eigenvalue weighted by atomic mass is 32.2. The highest BCUT2D eigenvalue weighted by Crippen LogP contribution is 2.31. The van der Waals surface area contributed by atoms with Crippen LogP contribution in [0.25, 0.3) is 0 Å². The molecule has 1 aromatic heterocycles. The van der Waals surface area contributed by atoms with Gasteiger partial charge in [-0.05, 0) is 36.8 Å². The van der Waals surface area contributed by atoms with Crippen molar-refractivity contribution in [3.63, 3.8) is 0 Å². The number of aryl methyl sites for hydroxylation is 1. The van der Waals surface area contributed by atoms with Crippen molar-refractivity contribution in [2.24, 2.45) is 0 Å². The average Bonchev–Trinajstić information content (AvgIpc) is 2.38. The van der Waals surface area contributed by atoms with Crippen molar-refractivity contribution in [2.45, 2.75) is 16.8 Å². The number of methoxy groups -OCH3 is 1. The summed E-state index contributed by atoms with van der Waals surface area (Å²) in [5.41, 5.74) is 0.947. The fraction of sp³-hybridized carbons (Fsp3) is 0.143. The lowest BCUT2D eigenvalue weighted by molar-refractivity contribution is 0.0691. The molecule has 2 aromatic rings. The first kappa shape index (κ1) is 13.4. The van der Waals surface area contributed by atoms with E-state index in [2.05, 4.69) is 4.98 Å². The number of carboxylic acids is 1. The first-order valence-electron chi connectivity index (χ1n) is 5.62. The number of carboxylic acid groups (broad SMARTS) is 1. The van der Waals surface area contributed by atoms with Gasteiger partial charge in [0.2, 0.25) is 0 Å². The van der Waals surface area contributed by atoms with Crippen LogP contribution in [0.4, 0.5) is 0 Å². The van der Waals surface area contributed by atoms with Crippen LogP contribution < -0.4 is 4.74 Å². The number of rotatable bonds is 4. The Morgan fingerprint density at radius 1 is 1.37 bits per heavy atom. The normalized spacial score (nSPS) is 10.2. The second-order valence-corrected chi connectivity index (χ2v) is 4.96. The molecule has 1 N–H and O–H groups in total. The SMILES string of the molecule is COc1cccc(Sc2nccc(C)c2C(=O)O)c1. The van der Waals surface area contributed by atoms with Gasteiger partial charge in [0.15, 0.2) is 0 Å². The first-order valence-corrected chi connectivity index (χ1v) is 6.44. The second kappa shape index (κ2) is 5.75. The Labute approximate surface area is 115 Å². The average molecular weight is 275 g/mol. The lowest BCUT2D eigenvalue weighted by atomic mass is 10.2. The van der Waals surface area contributed by atoms with Crippen LogP contribution in [0.5, 0.6) is 5.75 Å². The number of aromatic carboxylic acids is 1. The third-order valence-corrected chi connectivity index (χ3v) is 3.59. The molecule has 5 heteroatoms. The van der Waals surface area contributed by atoms with Gasteiger partial charge in [0.05, 0.1) is 12.7 Å². The summed E-state index contributed by atoms with van der Waals surface area (Å²) in [4.78, 5) is 16.3. The molecule has 0 aliphatic carbocycles. The maximum atomic E-state index is 11.3. The minimum Gasteiger partial charge on any atom is -0.497 e. The van der Waals surface area contributed by atoms with Gasteiger partial charge < -0.3 is 9.84 Å². The van der Waals surface area contributed by atoms with Gasteiger partial charge in [-0.25, -0.2) is 9.78 Å². The smallest absolute Gasteiger partial charge is 0.338 e. The Morgan fingerprint density at radius 2 is 2.16 bits per heavy atom. The first-order chi connectivity index (χ1) is 9.11. The molecule has 2 rings (SSSR count). The van der Waals surface area contributed by atoms with Crippen molar-refractivity contribution in [3.8, 4) is 5.75 Å². The molecule has 0 amide bonds. The van der Waals surface area contributed by atoms with Crippen molar-refractivity contribution in [1.29, 1.82) is 0 Å². The Hall–Kier alpha value is -2.01. The molecule has 1 heterocycles. The van der Waals surface area contributed by atoms with Crippen LogP contribution in [-0.4, -0.2) is 23.2 Å². The summed E-state index contributed by atoms with van der Waals surface area (Å²) >= 11 is 1.31. The molecule has 0 unspecified atom stereocenters. The van der Waals surface area contributed by atoms with Crippen LogP contribution in [0.1, 0.15) is 15.9 Å². The third-order valence-electron chi connectivity index (χ3n) is 2.59. The fourth-order valence-corrected chi connectivity index (χ4v) is 2.66. The summed E-state index contributed by atoms with van der Waals surface area (Å²) in [5.74, 6) is -0.231. The molecule has 0 saturated carbocycles. The minimum atomic E-state index is -0.962.